The maximum Gasteiger partial charge on any atom is 0.319 e. The molecule has 6 heteroatoms. The molecule has 5 nitrogen and oxygen atoms in total. The fourth-order valence-electron chi connectivity index (χ4n) is 1.85. The Bertz CT molecular complexity index is 647. The van der Waals surface area contributed by atoms with Crippen LogP contribution in [0.5, 0.6) is 5.75 Å². The van der Waals surface area contributed by atoms with Crippen molar-refractivity contribution in [2.24, 2.45) is 0 Å². The number of aliphatic hydroxyl groups excluding tert-OH is 1. The Morgan fingerprint density at radius 2 is 2.00 bits per heavy atom. The van der Waals surface area contributed by atoms with Crippen LogP contribution < -0.4 is 15.4 Å². The zero-order valence-corrected chi connectivity index (χ0v) is 13.5. The number of carbonyl (C=O) groups is 1. The third-order valence-corrected chi connectivity index (χ3v) is 3.31. The summed E-state index contributed by atoms with van der Waals surface area (Å²) in [4.78, 5) is 11.7. The second-order valence-corrected chi connectivity index (χ2v) is 5.56. The van der Waals surface area contributed by atoms with Gasteiger partial charge in [-0.2, -0.15) is 0 Å². The van der Waals surface area contributed by atoms with E-state index >= 15 is 0 Å². The Labute approximate surface area is 140 Å². The van der Waals surface area contributed by atoms with Crippen LogP contribution in [-0.2, 0) is 6.61 Å². The summed E-state index contributed by atoms with van der Waals surface area (Å²) >= 11 is 5.84. The molecule has 0 fully saturated rings. The minimum atomic E-state index is -0.374. The Morgan fingerprint density at radius 3 is 2.70 bits per heavy atom. The maximum absolute atomic E-state index is 11.7. The van der Waals surface area contributed by atoms with E-state index in [1.807, 2.05) is 30.3 Å². The number of halogens is 1. The van der Waals surface area contributed by atoms with E-state index < -0.39 is 0 Å². The van der Waals surface area contributed by atoms with Crippen LogP contribution in [0, 0.1) is 0 Å². The van der Waals surface area contributed by atoms with Crippen molar-refractivity contribution in [3.63, 3.8) is 0 Å². The highest BCUT2D eigenvalue weighted by Crippen LogP contribution is 2.19. The molecule has 2 aromatic rings. The lowest BCUT2D eigenvalue weighted by Crippen LogP contribution is -2.38. The van der Waals surface area contributed by atoms with Gasteiger partial charge in [-0.25, -0.2) is 4.79 Å². The summed E-state index contributed by atoms with van der Waals surface area (Å²) in [6, 6.07) is 13.8. The molecule has 3 N–H and O–H groups in total. The number of urea groups is 1. The van der Waals surface area contributed by atoms with Crippen molar-refractivity contribution in [2.75, 3.05) is 11.9 Å². The number of aliphatic hydroxyl groups is 1. The predicted octanol–water partition coefficient (Wildman–Crippen LogP) is 3.42. The third kappa shape index (κ3) is 5.81. The molecular weight excluding hydrogens is 316 g/mol. The minimum absolute atomic E-state index is 0.113. The molecule has 1 atom stereocenters. The molecule has 2 aromatic carbocycles. The van der Waals surface area contributed by atoms with Crippen molar-refractivity contribution < 1.29 is 14.6 Å². The van der Waals surface area contributed by atoms with Gasteiger partial charge in [0, 0.05) is 16.8 Å². The topological polar surface area (TPSA) is 70.6 Å². The highest BCUT2D eigenvalue weighted by molar-refractivity contribution is 6.30. The van der Waals surface area contributed by atoms with E-state index in [9.17, 15) is 4.79 Å². The molecular formula is C17H19ClN2O3. The summed E-state index contributed by atoms with van der Waals surface area (Å²) in [5, 5.41) is 14.9. The molecule has 0 aliphatic rings. The smallest absolute Gasteiger partial charge is 0.319 e. The standard InChI is InChI=1S/C17H19ClN2O3/c1-12(10-21)19-17(22)20-15-3-2-4-16(9-15)23-11-13-5-7-14(18)8-6-13/h2-9,12,21H,10-11H2,1H3,(H2,19,20,22)/t12-/m0/s1. The van der Waals surface area contributed by atoms with Crippen LogP contribution in [0.1, 0.15) is 12.5 Å². The Hall–Kier alpha value is -2.24. The molecule has 23 heavy (non-hydrogen) atoms. The number of anilines is 1. The van der Waals surface area contributed by atoms with E-state index in [4.69, 9.17) is 21.4 Å². The van der Waals surface area contributed by atoms with Crippen molar-refractivity contribution in [2.45, 2.75) is 19.6 Å². The van der Waals surface area contributed by atoms with Gasteiger partial charge in [0.15, 0.2) is 0 Å². The first-order chi connectivity index (χ1) is 11.1. The highest BCUT2D eigenvalue weighted by Gasteiger charge is 2.06. The second-order valence-electron chi connectivity index (χ2n) is 5.13. The Balaban J connectivity index is 1.91. The van der Waals surface area contributed by atoms with Crippen LogP contribution in [0.4, 0.5) is 10.5 Å². The lowest BCUT2D eigenvalue weighted by atomic mass is 10.2. The molecule has 0 aliphatic heterocycles. The van der Waals surface area contributed by atoms with Gasteiger partial charge in [-0.3, -0.25) is 0 Å². The van der Waals surface area contributed by atoms with E-state index in [0.717, 1.165) is 5.56 Å². The summed E-state index contributed by atoms with van der Waals surface area (Å²) in [6.07, 6.45) is 0. The van der Waals surface area contributed by atoms with Crippen LogP contribution in [0.15, 0.2) is 48.5 Å². The van der Waals surface area contributed by atoms with Crippen LogP contribution in [0.3, 0.4) is 0 Å². The average Bonchev–Trinajstić information content (AvgIpc) is 2.54. The van der Waals surface area contributed by atoms with Gasteiger partial charge in [-0.1, -0.05) is 29.8 Å². The van der Waals surface area contributed by atoms with Crippen LogP contribution in [-0.4, -0.2) is 23.8 Å². The second kappa shape index (κ2) is 8.41. The van der Waals surface area contributed by atoms with Gasteiger partial charge in [0.2, 0.25) is 0 Å². The van der Waals surface area contributed by atoms with Gasteiger partial charge in [-0.05, 0) is 36.8 Å². The molecule has 2 amide bonds. The van der Waals surface area contributed by atoms with Crippen LogP contribution in [0.2, 0.25) is 5.02 Å². The summed E-state index contributed by atoms with van der Waals surface area (Å²) in [5.41, 5.74) is 1.61. The fraction of sp³-hybridized carbons (Fsp3) is 0.235. The molecule has 0 aliphatic carbocycles. The lowest BCUT2D eigenvalue weighted by Gasteiger charge is -2.13. The number of hydrogen-bond acceptors (Lipinski definition) is 3. The predicted molar refractivity (Wildman–Crippen MR) is 90.9 cm³/mol. The number of nitrogens with one attached hydrogen (secondary N) is 2. The fourth-order valence-corrected chi connectivity index (χ4v) is 1.97. The SMILES string of the molecule is C[C@@H](CO)NC(=O)Nc1cccc(OCc2ccc(Cl)cc2)c1. The van der Waals surface area contributed by atoms with Crippen molar-refractivity contribution in [3.8, 4) is 5.75 Å². The summed E-state index contributed by atoms with van der Waals surface area (Å²) < 4.78 is 5.70. The Kier molecular flexibility index (Phi) is 6.26. The zero-order chi connectivity index (χ0) is 16.7. The average molecular weight is 335 g/mol. The first-order valence-electron chi connectivity index (χ1n) is 7.22. The molecule has 0 heterocycles. The van der Waals surface area contributed by atoms with E-state index in [-0.39, 0.29) is 18.7 Å². The summed E-state index contributed by atoms with van der Waals surface area (Å²) in [6.45, 7) is 2.01. The molecule has 0 radical (unpaired) electrons. The van der Waals surface area contributed by atoms with Gasteiger partial charge >= 0.3 is 6.03 Å². The zero-order valence-electron chi connectivity index (χ0n) is 12.8. The number of ether oxygens (including phenoxy) is 1. The van der Waals surface area contributed by atoms with Gasteiger partial charge in [0.1, 0.15) is 12.4 Å². The van der Waals surface area contributed by atoms with Gasteiger partial charge < -0.3 is 20.5 Å². The number of rotatable bonds is 6. The normalized spacial score (nSPS) is 11.6. The number of carbonyl (C=O) groups excluding carboxylic acids is 1. The molecule has 0 saturated heterocycles. The molecule has 0 saturated carbocycles. The van der Waals surface area contributed by atoms with Crippen molar-refractivity contribution >= 4 is 23.3 Å². The highest BCUT2D eigenvalue weighted by atomic mass is 35.5. The summed E-state index contributed by atoms with van der Waals surface area (Å²) in [7, 11) is 0. The molecule has 0 spiro atoms. The van der Waals surface area contributed by atoms with Gasteiger partial charge in [0.05, 0.1) is 12.6 Å². The van der Waals surface area contributed by atoms with Gasteiger partial charge in [-0.15, -0.1) is 0 Å². The largest absolute Gasteiger partial charge is 0.489 e. The van der Waals surface area contributed by atoms with Crippen LogP contribution >= 0.6 is 11.6 Å². The number of hydrogen-bond donors (Lipinski definition) is 3. The molecule has 0 bridgehead atoms. The number of benzene rings is 2. The van der Waals surface area contributed by atoms with E-state index in [1.165, 1.54) is 0 Å². The minimum Gasteiger partial charge on any atom is -0.489 e. The van der Waals surface area contributed by atoms with Crippen LogP contribution in [0.25, 0.3) is 0 Å². The molecule has 2 rings (SSSR count). The van der Waals surface area contributed by atoms with E-state index in [2.05, 4.69) is 10.6 Å². The van der Waals surface area contributed by atoms with Gasteiger partial charge in [0.25, 0.3) is 0 Å². The lowest BCUT2D eigenvalue weighted by molar-refractivity contribution is 0.229. The van der Waals surface area contributed by atoms with Crippen molar-refractivity contribution in [3.05, 3.63) is 59.1 Å². The maximum atomic E-state index is 11.7. The molecule has 0 aromatic heterocycles. The van der Waals surface area contributed by atoms with Crippen molar-refractivity contribution in [1.82, 2.24) is 5.32 Å². The molecule has 0 unspecified atom stereocenters. The summed E-state index contributed by atoms with van der Waals surface area (Å²) in [5.74, 6) is 0.646. The molecule has 122 valence electrons. The quantitative estimate of drug-likeness (QED) is 0.758. The Morgan fingerprint density at radius 1 is 1.26 bits per heavy atom. The first kappa shape index (κ1) is 17.1. The monoisotopic (exact) mass is 334 g/mol. The third-order valence-electron chi connectivity index (χ3n) is 3.06. The van der Waals surface area contributed by atoms with E-state index in [1.54, 1.807) is 25.1 Å². The number of amides is 2. The van der Waals surface area contributed by atoms with Crippen molar-refractivity contribution in [1.29, 1.82) is 0 Å². The first-order valence-corrected chi connectivity index (χ1v) is 7.60. The van der Waals surface area contributed by atoms with E-state index in [0.29, 0.717) is 23.1 Å².